The summed E-state index contributed by atoms with van der Waals surface area (Å²) in [5, 5.41) is 1.00. The van der Waals surface area contributed by atoms with Crippen molar-refractivity contribution in [3.63, 3.8) is 0 Å². The van der Waals surface area contributed by atoms with Crippen LogP contribution in [0.25, 0.3) is 11.0 Å². The Morgan fingerprint density at radius 1 is 1.38 bits per heavy atom. The smallest absolute Gasteiger partial charge is 0.310 e. The summed E-state index contributed by atoms with van der Waals surface area (Å²) in [6.45, 7) is 3.89. The van der Waals surface area contributed by atoms with E-state index in [4.69, 9.17) is 4.42 Å². The van der Waals surface area contributed by atoms with Gasteiger partial charge in [-0.25, -0.2) is 0 Å². The Bertz CT molecular complexity index is 537. The summed E-state index contributed by atoms with van der Waals surface area (Å²) in [5.41, 5.74) is 2.90. The summed E-state index contributed by atoms with van der Waals surface area (Å²) in [6, 6.07) is 5.95. The van der Waals surface area contributed by atoms with Crippen LogP contribution in [0.1, 0.15) is 16.9 Å². The molecule has 0 amide bonds. The first-order chi connectivity index (χ1) is 7.61. The van der Waals surface area contributed by atoms with Crippen LogP contribution in [0.2, 0.25) is 0 Å². The average Bonchev–Trinajstić information content (AvgIpc) is 2.55. The van der Waals surface area contributed by atoms with Gasteiger partial charge in [-0.15, -0.1) is 0 Å². The van der Waals surface area contributed by atoms with E-state index >= 15 is 0 Å². The fraction of sp³-hybridized carbons (Fsp3) is 0.308. The number of carbonyl (C=O) groups is 1. The predicted octanol–water partition coefficient (Wildman–Crippen LogP) is 2.77. The molecule has 0 aliphatic carbocycles. The number of benzene rings is 1. The number of hydrogen-bond acceptors (Lipinski definition) is 3. The molecule has 3 heteroatoms. The van der Waals surface area contributed by atoms with Crippen molar-refractivity contribution >= 4 is 16.9 Å². The zero-order valence-electron chi connectivity index (χ0n) is 9.66. The van der Waals surface area contributed by atoms with Crippen LogP contribution in [0.5, 0.6) is 0 Å². The van der Waals surface area contributed by atoms with Gasteiger partial charge in [-0.05, 0) is 26.0 Å². The molecule has 3 nitrogen and oxygen atoms in total. The van der Waals surface area contributed by atoms with Gasteiger partial charge in [-0.3, -0.25) is 4.79 Å². The first kappa shape index (κ1) is 10.7. The summed E-state index contributed by atoms with van der Waals surface area (Å²) in [4.78, 5) is 11.3. The van der Waals surface area contributed by atoms with Crippen LogP contribution >= 0.6 is 0 Å². The molecule has 2 aromatic rings. The van der Waals surface area contributed by atoms with Crippen molar-refractivity contribution in [2.45, 2.75) is 20.3 Å². The van der Waals surface area contributed by atoms with Crippen LogP contribution in [0.15, 0.2) is 22.6 Å². The van der Waals surface area contributed by atoms with E-state index in [-0.39, 0.29) is 12.4 Å². The van der Waals surface area contributed by atoms with E-state index in [1.54, 1.807) is 0 Å². The predicted molar refractivity (Wildman–Crippen MR) is 61.4 cm³/mol. The SMILES string of the molecule is COC(=O)Cc1c(C)oc2ccc(C)cc12. The molecule has 0 unspecified atom stereocenters. The van der Waals surface area contributed by atoms with E-state index in [9.17, 15) is 4.79 Å². The number of aryl methyl sites for hydroxylation is 2. The standard InChI is InChI=1S/C13H14O3/c1-8-4-5-12-11(6-8)10(9(2)16-12)7-13(14)15-3/h4-6H,7H2,1-3H3. The topological polar surface area (TPSA) is 39.4 Å². The van der Waals surface area contributed by atoms with Crippen molar-refractivity contribution in [1.82, 2.24) is 0 Å². The highest BCUT2D eigenvalue weighted by Crippen LogP contribution is 2.26. The maximum absolute atomic E-state index is 11.3. The summed E-state index contributed by atoms with van der Waals surface area (Å²) in [7, 11) is 1.39. The van der Waals surface area contributed by atoms with E-state index in [1.165, 1.54) is 7.11 Å². The molecule has 84 valence electrons. The second-order valence-corrected chi connectivity index (χ2v) is 3.89. The van der Waals surface area contributed by atoms with Crippen molar-refractivity contribution in [3.8, 4) is 0 Å². The molecule has 0 saturated carbocycles. The Balaban J connectivity index is 2.54. The molecule has 2 rings (SSSR count). The van der Waals surface area contributed by atoms with Crippen molar-refractivity contribution in [1.29, 1.82) is 0 Å². The molecule has 1 heterocycles. The highest BCUT2D eigenvalue weighted by Gasteiger charge is 2.14. The fourth-order valence-electron chi connectivity index (χ4n) is 1.82. The van der Waals surface area contributed by atoms with Crippen LogP contribution in [-0.4, -0.2) is 13.1 Å². The summed E-state index contributed by atoms with van der Waals surface area (Å²) in [5.74, 6) is 0.540. The second kappa shape index (κ2) is 4.00. The summed E-state index contributed by atoms with van der Waals surface area (Å²) < 4.78 is 10.3. The number of furan rings is 1. The number of ether oxygens (including phenoxy) is 1. The molecule has 0 N–H and O–H groups in total. The van der Waals surface area contributed by atoms with E-state index in [2.05, 4.69) is 4.74 Å². The van der Waals surface area contributed by atoms with E-state index < -0.39 is 0 Å². The third-order valence-electron chi connectivity index (χ3n) is 2.70. The van der Waals surface area contributed by atoms with E-state index in [0.717, 1.165) is 27.9 Å². The quantitative estimate of drug-likeness (QED) is 0.727. The third-order valence-corrected chi connectivity index (χ3v) is 2.70. The number of carbonyl (C=O) groups excluding carboxylic acids is 1. The molecule has 0 fully saturated rings. The van der Waals surface area contributed by atoms with Gasteiger partial charge in [0.2, 0.25) is 0 Å². The lowest BCUT2D eigenvalue weighted by Gasteiger charge is -1.99. The third kappa shape index (κ3) is 1.81. The van der Waals surface area contributed by atoms with Gasteiger partial charge in [0.25, 0.3) is 0 Å². The Kier molecular flexibility index (Phi) is 2.69. The first-order valence-corrected chi connectivity index (χ1v) is 5.17. The van der Waals surface area contributed by atoms with Gasteiger partial charge >= 0.3 is 5.97 Å². The molecular weight excluding hydrogens is 204 g/mol. The van der Waals surface area contributed by atoms with E-state index in [1.807, 2.05) is 32.0 Å². The second-order valence-electron chi connectivity index (χ2n) is 3.89. The first-order valence-electron chi connectivity index (χ1n) is 5.17. The highest BCUT2D eigenvalue weighted by molar-refractivity contribution is 5.87. The number of esters is 1. The molecule has 0 atom stereocenters. The minimum absolute atomic E-state index is 0.243. The van der Waals surface area contributed by atoms with Gasteiger partial charge in [0.05, 0.1) is 13.5 Å². The Hall–Kier alpha value is -1.77. The normalized spacial score (nSPS) is 10.7. The largest absolute Gasteiger partial charge is 0.469 e. The van der Waals surface area contributed by atoms with Gasteiger partial charge in [-0.2, -0.15) is 0 Å². The molecule has 1 aromatic heterocycles. The monoisotopic (exact) mass is 218 g/mol. The molecule has 0 aliphatic heterocycles. The van der Waals surface area contributed by atoms with Crippen LogP contribution in [0.4, 0.5) is 0 Å². The maximum atomic E-state index is 11.3. The Labute approximate surface area is 94.0 Å². The molecule has 0 saturated heterocycles. The molecular formula is C13H14O3. The number of methoxy groups -OCH3 is 1. The lowest BCUT2D eigenvalue weighted by molar-refractivity contribution is -0.139. The van der Waals surface area contributed by atoms with Gasteiger partial charge < -0.3 is 9.15 Å². The lowest BCUT2D eigenvalue weighted by atomic mass is 10.1. The molecule has 16 heavy (non-hydrogen) atoms. The zero-order valence-corrected chi connectivity index (χ0v) is 9.66. The minimum atomic E-state index is -0.243. The number of rotatable bonds is 2. The number of hydrogen-bond donors (Lipinski definition) is 0. The highest BCUT2D eigenvalue weighted by atomic mass is 16.5. The van der Waals surface area contributed by atoms with Crippen LogP contribution < -0.4 is 0 Å². The van der Waals surface area contributed by atoms with Crippen molar-refractivity contribution in [2.24, 2.45) is 0 Å². The van der Waals surface area contributed by atoms with Crippen LogP contribution in [0, 0.1) is 13.8 Å². The summed E-state index contributed by atoms with van der Waals surface area (Å²) >= 11 is 0. The maximum Gasteiger partial charge on any atom is 0.310 e. The summed E-state index contributed by atoms with van der Waals surface area (Å²) in [6.07, 6.45) is 0.263. The molecule has 1 aromatic carbocycles. The zero-order chi connectivity index (χ0) is 11.7. The molecule has 0 aliphatic rings. The van der Waals surface area contributed by atoms with Gasteiger partial charge in [-0.1, -0.05) is 11.6 Å². The molecule has 0 bridgehead atoms. The Morgan fingerprint density at radius 2 is 2.12 bits per heavy atom. The van der Waals surface area contributed by atoms with E-state index in [0.29, 0.717) is 0 Å². The van der Waals surface area contributed by atoms with Gasteiger partial charge in [0, 0.05) is 10.9 Å². The number of fused-ring (bicyclic) bond motifs is 1. The van der Waals surface area contributed by atoms with Gasteiger partial charge in [0.1, 0.15) is 11.3 Å². The van der Waals surface area contributed by atoms with Gasteiger partial charge in [0.15, 0.2) is 0 Å². The molecule has 0 radical (unpaired) electrons. The minimum Gasteiger partial charge on any atom is -0.469 e. The average molecular weight is 218 g/mol. The lowest BCUT2D eigenvalue weighted by Crippen LogP contribution is -2.04. The van der Waals surface area contributed by atoms with Crippen molar-refractivity contribution in [2.75, 3.05) is 7.11 Å². The van der Waals surface area contributed by atoms with Crippen molar-refractivity contribution in [3.05, 3.63) is 35.1 Å². The Morgan fingerprint density at radius 3 is 2.81 bits per heavy atom. The molecule has 0 spiro atoms. The van der Waals surface area contributed by atoms with Crippen LogP contribution in [-0.2, 0) is 16.0 Å². The van der Waals surface area contributed by atoms with Crippen LogP contribution in [0.3, 0.4) is 0 Å². The fourth-order valence-corrected chi connectivity index (χ4v) is 1.82. The van der Waals surface area contributed by atoms with Crippen molar-refractivity contribution < 1.29 is 13.9 Å².